The van der Waals surface area contributed by atoms with E-state index in [1.165, 1.54) is 6.33 Å². The molecule has 0 bridgehead atoms. The number of hydrogen-bond donors (Lipinski definition) is 1. The molecule has 0 amide bonds. The van der Waals surface area contributed by atoms with Crippen LogP contribution in [0.1, 0.15) is 12.6 Å². The summed E-state index contributed by atoms with van der Waals surface area (Å²) in [6.45, 7) is 4.40. The highest BCUT2D eigenvalue weighted by Crippen LogP contribution is 2.13. The Hall–Kier alpha value is -0.840. The Kier molecular flexibility index (Phi) is 4.13. The van der Waals surface area contributed by atoms with Crippen LogP contribution in [-0.4, -0.2) is 28.0 Å². The van der Waals surface area contributed by atoms with Crippen molar-refractivity contribution in [2.75, 3.05) is 18.1 Å². The Morgan fingerprint density at radius 3 is 2.93 bits per heavy atom. The molecule has 0 saturated heterocycles. The lowest BCUT2D eigenvalue weighted by Crippen LogP contribution is -2.15. The van der Waals surface area contributed by atoms with Gasteiger partial charge in [0.25, 0.3) is 0 Å². The fraction of sp³-hybridized carbons (Fsp3) is 0.556. The second kappa shape index (κ2) is 5.14. The SMILES string of the molecule is CSC(C)CNc1ncnc(C)c1F. The molecule has 0 aliphatic heterocycles. The van der Waals surface area contributed by atoms with E-state index in [2.05, 4.69) is 22.2 Å². The summed E-state index contributed by atoms with van der Waals surface area (Å²) in [7, 11) is 0. The lowest BCUT2D eigenvalue weighted by atomic mass is 10.4. The van der Waals surface area contributed by atoms with Crippen molar-refractivity contribution < 1.29 is 4.39 Å². The Labute approximate surface area is 87.5 Å². The highest BCUT2D eigenvalue weighted by Gasteiger charge is 2.07. The van der Waals surface area contributed by atoms with Crippen molar-refractivity contribution in [3.8, 4) is 0 Å². The lowest BCUT2D eigenvalue weighted by molar-refractivity contribution is 0.604. The van der Waals surface area contributed by atoms with Gasteiger partial charge in [0.1, 0.15) is 6.33 Å². The molecule has 1 unspecified atom stereocenters. The summed E-state index contributed by atoms with van der Waals surface area (Å²) in [5, 5.41) is 3.39. The summed E-state index contributed by atoms with van der Waals surface area (Å²) in [4.78, 5) is 7.59. The first-order chi connectivity index (χ1) is 6.65. The Morgan fingerprint density at radius 1 is 1.57 bits per heavy atom. The number of anilines is 1. The maximum absolute atomic E-state index is 13.4. The fourth-order valence-electron chi connectivity index (χ4n) is 0.905. The smallest absolute Gasteiger partial charge is 0.186 e. The van der Waals surface area contributed by atoms with Crippen LogP contribution in [0.4, 0.5) is 10.2 Å². The van der Waals surface area contributed by atoms with E-state index in [1.54, 1.807) is 18.7 Å². The van der Waals surface area contributed by atoms with Crippen molar-refractivity contribution >= 4 is 17.6 Å². The van der Waals surface area contributed by atoms with Crippen LogP contribution in [0.5, 0.6) is 0 Å². The van der Waals surface area contributed by atoms with Gasteiger partial charge >= 0.3 is 0 Å². The van der Waals surface area contributed by atoms with Gasteiger partial charge in [-0.1, -0.05) is 6.92 Å². The van der Waals surface area contributed by atoms with Gasteiger partial charge in [0.2, 0.25) is 0 Å². The van der Waals surface area contributed by atoms with Crippen LogP contribution in [-0.2, 0) is 0 Å². The Balaban J connectivity index is 2.63. The molecule has 1 N–H and O–H groups in total. The number of hydrogen-bond acceptors (Lipinski definition) is 4. The van der Waals surface area contributed by atoms with Crippen LogP contribution in [0.2, 0.25) is 0 Å². The summed E-state index contributed by atoms with van der Waals surface area (Å²) >= 11 is 1.73. The van der Waals surface area contributed by atoms with Crippen molar-refractivity contribution in [1.29, 1.82) is 0 Å². The molecule has 1 atom stereocenters. The molecule has 1 aromatic rings. The predicted molar refractivity (Wildman–Crippen MR) is 58.2 cm³/mol. The van der Waals surface area contributed by atoms with Gasteiger partial charge in [-0.15, -0.1) is 0 Å². The number of thioether (sulfide) groups is 1. The minimum atomic E-state index is -0.360. The Morgan fingerprint density at radius 2 is 2.29 bits per heavy atom. The summed E-state index contributed by atoms with van der Waals surface area (Å²) in [6, 6.07) is 0. The standard InChI is InChI=1S/C9H14FN3S/c1-6(14-3)4-11-9-8(10)7(2)12-5-13-9/h5-6H,4H2,1-3H3,(H,11,12,13). The largest absolute Gasteiger partial charge is 0.366 e. The molecule has 0 spiro atoms. The molecule has 0 saturated carbocycles. The maximum Gasteiger partial charge on any atom is 0.186 e. The molecule has 0 aliphatic rings. The number of aryl methyl sites for hydroxylation is 1. The Bertz CT molecular complexity index is 306. The third-order valence-corrected chi connectivity index (χ3v) is 2.89. The van der Waals surface area contributed by atoms with Crippen molar-refractivity contribution in [3.05, 3.63) is 17.8 Å². The first-order valence-corrected chi connectivity index (χ1v) is 5.67. The quantitative estimate of drug-likeness (QED) is 0.834. The molecule has 1 rings (SSSR count). The molecule has 14 heavy (non-hydrogen) atoms. The highest BCUT2D eigenvalue weighted by molar-refractivity contribution is 7.99. The molecule has 0 fully saturated rings. The van der Waals surface area contributed by atoms with E-state index in [1.807, 2.05) is 6.26 Å². The van der Waals surface area contributed by atoms with Gasteiger partial charge in [0.15, 0.2) is 11.6 Å². The van der Waals surface area contributed by atoms with E-state index in [-0.39, 0.29) is 5.82 Å². The van der Waals surface area contributed by atoms with Gasteiger partial charge in [-0.3, -0.25) is 0 Å². The number of rotatable bonds is 4. The monoisotopic (exact) mass is 215 g/mol. The van der Waals surface area contributed by atoms with Gasteiger partial charge in [-0.05, 0) is 13.2 Å². The van der Waals surface area contributed by atoms with Gasteiger partial charge in [-0.25, -0.2) is 14.4 Å². The molecular weight excluding hydrogens is 201 g/mol. The van der Waals surface area contributed by atoms with Crippen LogP contribution in [0.25, 0.3) is 0 Å². The normalized spacial score (nSPS) is 12.6. The zero-order valence-electron chi connectivity index (χ0n) is 8.54. The van der Waals surface area contributed by atoms with E-state index in [0.717, 1.165) is 0 Å². The number of aromatic nitrogens is 2. The minimum Gasteiger partial charge on any atom is -0.366 e. The summed E-state index contributed by atoms with van der Waals surface area (Å²) in [5.74, 6) is -0.0702. The first kappa shape index (κ1) is 11.2. The number of nitrogens with zero attached hydrogens (tertiary/aromatic N) is 2. The zero-order valence-corrected chi connectivity index (χ0v) is 9.36. The average molecular weight is 215 g/mol. The van der Waals surface area contributed by atoms with Crippen LogP contribution in [0.3, 0.4) is 0 Å². The van der Waals surface area contributed by atoms with Gasteiger partial charge in [0.05, 0.1) is 5.69 Å². The molecule has 3 nitrogen and oxygen atoms in total. The van der Waals surface area contributed by atoms with E-state index in [4.69, 9.17) is 0 Å². The molecule has 0 radical (unpaired) electrons. The maximum atomic E-state index is 13.4. The van der Waals surface area contributed by atoms with Crippen molar-refractivity contribution in [1.82, 2.24) is 9.97 Å². The number of nitrogens with one attached hydrogen (secondary N) is 1. The minimum absolute atomic E-state index is 0.290. The van der Waals surface area contributed by atoms with E-state index in [9.17, 15) is 4.39 Å². The fourth-order valence-corrected chi connectivity index (χ4v) is 1.15. The summed E-state index contributed by atoms with van der Waals surface area (Å²) < 4.78 is 13.4. The third-order valence-electron chi connectivity index (χ3n) is 1.92. The second-order valence-corrected chi connectivity index (χ2v) is 4.33. The van der Waals surface area contributed by atoms with Crippen LogP contribution < -0.4 is 5.32 Å². The van der Waals surface area contributed by atoms with Crippen LogP contribution >= 0.6 is 11.8 Å². The first-order valence-electron chi connectivity index (χ1n) is 4.39. The van der Waals surface area contributed by atoms with Crippen LogP contribution in [0, 0.1) is 12.7 Å². The average Bonchev–Trinajstić information content (AvgIpc) is 2.20. The van der Waals surface area contributed by atoms with Gasteiger partial charge in [-0.2, -0.15) is 11.8 Å². The molecule has 0 aliphatic carbocycles. The summed E-state index contributed by atoms with van der Waals surface area (Å²) in [6.07, 6.45) is 3.39. The van der Waals surface area contributed by atoms with Crippen molar-refractivity contribution in [2.45, 2.75) is 19.1 Å². The van der Waals surface area contributed by atoms with Gasteiger partial charge < -0.3 is 5.32 Å². The zero-order chi connectivity index (χ0) is 10.6. The van der Waals surface area contributed by atoms with Crippen molar-refractivity contribution in [3.63, 3.8) is 0 Å². The van der Waals surface area contributed by atoms with Gasteiger partial charge in [0, 0.05) is 11.8 Å². The lowest BCUT2D eigenvalue weighted by Gasteiger charge is -2.10. The molecular formula is C9H14FN3S. The second-order valence-electron chi connectivity index (χ2n) is 3.05. The van der Waals surface area contributed by atoms with Crippen molar-refractivity contribution in [2.24, 2.45) is 0 Å². The molecule has 1 aromatic heterocycles. The topological polar surface area (TPSA) is 37.8 Å². The molecule has 5 heteroatoms. The highest BCUT2D eigenvalue weighted by atomic mass is 32.2. The van der Waals surface area contributed by atoms with E-state index < -0.39 is 0 Å². The predicted octanol–water partition coefficient (Wildman–Crippen LogP) is 2.09. The third kappa shape index (κ3) is 2.83. The molecule has 78 valence electrons. The van der Waals surface area contributed by atoms with E-state index >= 15 is 0 Å². The molecule has 0 aromatic carbocycles. The van der Waals surface area contributed by atoms with E-state index in [0.29, 0.717) is 23.3 Å². The molecule has 1 heterocycles. The number of halogens is 1. The summed E-state index contributed by atoms with van der Waals surface area (Å²) in [5.41, 5.74) is 0.374. The van der Waals surface area contributed by atoms with Crippen LogP contribution in [0.15, 0.2) is 6.33 Å².